The highest BCUT2D eigenvalue weighted by Gasteiger charge is 2.36. The highest BCUT2D eigenvalue weighted by atomic mass is 79.9. The van der Waals surface area contributed by atoms with Crippen molar-refractivity contribution in [3.8, 4) is 11.5 Å². The van der Waals surface area contributed by atoms with E-state index in [0.717, 1.165) is 10.2 Å². The SMILES string of the molecule is COc1ccc(OC(=O)C2CC(=O)N(c3cccc(Br)c3)C2)cc1. The largest absolute Gasteiger partial charge is 0.497 e. The molecule has 0 spiro atoms. The number of amides is 1. The van der Waals surface area contributed by atoms with Crippen LogP contribution in [0.2, 0.25) is 0 Å². The lowest BCUT2D eigenvalue weighted by Gasteiger charge is -2.16. The van der Waals surface area contributed by atoms with Gasteiger partial charge in [0.1, 0.15) is 11.5 Å². The van der Waals surface area contributed by atoms with E-state index in [1.54, 1.807) is 36.3 Å². The van der Waals surface area contributed by atoms with Gasteiger partial charge in [-0.1, -0.05) is 22.0 Å². The zero-order chi connectivity index (χ0) is 17.1. The standard InChI is InChI=1S/C18H16BrNO4/c1-23-15-5-7-16(8-6-15)24-18(22)12-9-17(21)20(11-12)14-4-2-3-13(19)10-14/h2-8,10,12H,9,11H2,1H3. The van der Waals surface area contributed by atoms with Crippen molar-refractivity contribution in [3.63, 3.8) is 0 Å². The Kier molecular flexibility index (Phi) is 4.85. The molecule has 3 rings (SSSR count). The van der Waals surface area contributed by atoms with E-state index in [1.165, 1.54) is 0 Å². The van der Waals surface area contributed by atoms with Gasteiger partial charge >= 0.3 is 5.97 Å². The number of hydrogen-bond donors (Lipinski definition) is 0. The predicted molar refractivity (Wildman–Crippen MR) is 93.2 cm³/mol. The van der Waals surface area contributed by atoms with Crippen LogP contribution in [0.4, 0.5) is 5.69 Å². The molecule has 0 saturated carbocycles. The van der Waals surface area contributed by atoms with Crippen LogP contribution in [0.25, 0.3) is 0 Å². The van der Waals surface area contributed by atoms with Gasteiger partial charge in [-0.3, -0.25) is 9.59 Å². The van der Waals surface area contributed by atoms with E-state index in [0.29, 0.717) is 18.0 Å². The minimum absolute atomic E-state index is 0.0789. The van der Waals surface area contributed by atoms with Crippen molar-refractivity contribution in [1.82, 2.24) is 0 Å². The number of methoxy groups -OCH3 is 1. The first-order valence-electron chi connectivity index (χ1n) is 7.48. The molecule has 1 aliphatic rings. The molecule has 0 aliphatic carbocycles. The lowest BCUT2D eigenvalue weighted by Crippen LogP contribution is -2.27. The highest BCUT2D eigenvalue weighted by Crippen LogP contribution is 2.28. The Morgan fingerprint density at radius 3 is 2.54 bits per heavy atom. The Morgan fingerprint density at radius 1 is 1.17 bits per heavy atom. The summed E-state index contributed by atoms with van der Waals surface area (Å²) in [6, 6.07) is 14.2. The van der Waals surface area contributed by atoms with Gasteiger partial charge < -0.3 is 14.4 Å². The van der Waals surface area contributed by atoms with Crippen LogP contribution in [-0.2, 0) is 9.59 Å². The first kappa shape index (κ1) is 16.5. The summed E-state index contributed by atoms with van der Waals surface area (Å²) in [5.41, 5.74) is 0.772. The fraction of sp³-hybridized carbons (Fsp3) is 0.222. The summed E-state index contributed by atoms with van der Waals surface area (Å²) < 4.78 is 11.3. The van der Waals surface area contributed by atoms with Gasteiger partial charge in [-0.15, -0.1) is 0 Å². The van der Waals surface area contributed by atoms with E-state index in [-0.39, 0.29) is 12.3 Å². The molecule has 5 nitrogen and oxygen atoms in total. The molecule has 1 fully saturated rings. The minimum Gasteiger partial charge on any atom is -0.497 e. The van der Waals surface area contributed by atoms with Crippen molar-refractivity contribution >= 4 is 33.5 Å². The lowest BCUT2D eigenvalue weighted by atomic mass is 10.1. The lowest BCUT2D eigenvalue weighted by molar-refractivity contribution is -0.139. The number of anilines is 1. The third kappa shape index (κ3) is 3.59. The summed E-state index contributed by atoms with van der Waals surface area (Å²) in [5.74, 6) is 0.176. The van der Waals surface area contributed by atoms with Crippen LogP contribution in [0.5, 0.6) is 11.5 Å². The number of rotatable bonds is 4. The van der Waals surface area contributed by atoms with Gasteiger partial charge in [0.05, 0.1) is 13.0 Å². The summed E-state index contributed by atoms with van der Waals surface area (Å²) in [7, 11) is 1.57. The van der Waals surface area contributed by atoms with Gasteiger partial charge in [-0.2, -0.15) is 0 Å². The number of nitrogens with zero attached hydrogens (tertiary/aromatic N) is 1. The maximum Gasteiger partial charge on any atom is 0.316 e. The Labute approximate surface area is 148 Å². The average Bonchev–Trinajstić information content (AvgIpc) is 2.97. The third-order valence-electron chi connectivity index (χ3n) is 3.86. The van der Waals surface area contributed by atoms with Gasteiger partial charge in [0.15, 0.2) is 0 Å². The third-order valence-corrected chi connectivity index (χ3v) is 4.35. The minimum atomic E-state index is -0.474. The second-order valence-corrected chi connectivity index (χ2v) is 6.40. The zero-order valence-corrected chi connectivity index (χ0v) is 14.7. The van der Waals surface area contributed by atoms with Gasteiger partial charge in [-0.05, 0) is 42.5 Å². The summed E-state index contributed by atoms with van der Waals surface area (Å²) in [6.45, 7) is 0.324. The molecule has 0 aromatic heterocycles. The fourth-order valence-electron chi connectivity index (χ4n) is 2.60. The van der Waals surface area contributed by atoms with E-state index < -0.39 is 11.9 Å². The topological polar surface area (TPSA) is 55.8 Å². The van der Waals surface area contributed by atoms with E-state index in [2.05, 4.69) is 15.9 Å². The molecule has 2 aromatic carbocycles. The summed E-state index contributed by atoms with van der Waals surface area (Å²) in [5, 5.41) is 0. The normalized spacial score (nSPS) is 17.0. The van der Waals surface area contributed by atoms with E-state index in [4.69, 9.17) is 9.47 Å². The summed E-state index contributed by atoms with van der Waals surface area (Å²) >= 11 is 3.39. The first-order valence-corrected chi connectivity index (χ1v) is 8.28. The summed E-state index contributed by atoms with van der Waals surface area (Å²) in [6.07, 6.45) is 0.154. The molecule has 1 atom stereocenters. The van der Waals surface area contributed by atoms with Crippen molar-refractivity contribution in [2.75, 3.05) is 18.6 Å². The molecule has 24 heavy (non-hydrogen) atoms. The Hall–Kier alpha value is -2.34. The average molecular weight is 390 g/mol. The smallest absolute Gasteiger partial charge is 0.316 e. The Balaban J connectivity index is 1.67. The molecule has 1 aliphatic heterocycles. The van der Waals surface area contributed by atoms with E-state index in [1.807, 2.05) is 24.3 Å². The zero-order valence-electron chi connectivity index (χ0n) is 13.1. The number of halogens is 1. The van der Waals surface area contributed by atoms with Crippen molar-refractivity contribution in [2.24, 2.45) is 5.92 Å². The maximum absolute atomic E-state index is 12.3. The van der Waals surface area contributed by atoms with Crippen LogP contribution in [0, 0.1) is 5.92 Å². The van der Waals surface area contributed by atoms with Crippen LogP contribution in [0.1, 0.15) is 6.42 Å². The van der Waals surface area contributed by atoms with Gasteiger partial charge in [0, 0.05) is 23.1 Å². The van der Waals surface area contributed by atoms with Crippen molar-refractivity contribution in [1.29, 1.82) is 0 Å². The first-order chi connectivity index (χ1) is 11.6. The molecule has 0 radical (unpaired) electrons. The quantitative estimate of drug-likeness (QED) is 0.593. The second-order valence-electron chi connectivity index (χ2n) is 5.48. The summed E-state index contributed by atoms with van der Waals surface area (Å²) in [4.78, 5) is 26.2. The van der Waals surface area contributed by atoms with Crippen LogP contribution in [-0.4, -0.2) is 25.5 Å². The number of carbonyl (C=O) groups is 2. The molecule has 0 N–H and O–H groups in total. The van der Waals surface area contributed by atoms with Crippen LogP contribution in [0.15, 0.2) is 53.0 Å². The molecule has 6 heteroatoms. The maximum atomic E-state index is 12.3. The number of esters is 1. The van der Waals surface area contributed by atoms with Crippen LogP contribution in [0.3, 0.4) is 0 Å². The van der Waals surface area contributed by atoms with Gasteiger partial charge in [0.25, 0.3) is 0 Å². The molecule has 1 heterocycles. The van der Waals surface area contributed by atoms with E-state index in [9.17, 15) is 9.59 Å². The fourth-order valence-corrected chi connectivity index (χ4v) is 2.99. The Bertz CT molecular complexity index is 760. The van der Waals surface area contributed by atoms with Crippen LogP contribution < -0.4 is 14.4 Å². The van der Waals surface area contributed by atoms with Gasteiger partial charge in [-0.25, -0.2) is 0 Å². The molecular weight excluding hydrogens is 374 g/mol. The van der Waals surface area contributed by atoms with Crippen molar-refractivity contribution in [2.45, 2.75) is 6.42 Å². The number of benzene rings is 2. The molecule has 0 bridgehead atoms. The molecule has 124 valence electrons. The predicted octanol–water partition coefficient (Wildman–Crippen LogP) is 3.42. The van der Waals surface area contributed by atoms with Gasteiger partial charge in [0.2, 0.25) is 5.91 Å². The molecular formula is C18H16BrNO4. The highest BCUT2D eigenvalue weighted by molar-refractivity contribution is 9.10. The number of hydrogen-bond acceptors (Lipinski definition) is 4. The van der Waals surface area contributed by atoms with E-state index >= 15 is 0 Å². The van der Waals surface area contributed by atoms with Crippen molar-refractivity contribution < 1.29 is 19.1 Å². The Morgan fingerprint density at radius 2 is 1.88 bits per heavy atom. The number of carbonyl (C=O) groups excluding carboxylic acids is 2. The number of ether oxygens (including phenoxy) is 2. The molecule has 2 aromatic rings. The van der Waals surface area contributed by atoms with Crippen LogP contribution >= 0.6 is 15.9 Å². The molecule has 1 saturated heterocycles. The molecule has 1 amide bonds. The second kappa shape index (κ2) is 7.05. The molecule has 1 unspecified atom stereocenters. The monoisotopic (exact) mass is 389 g/mol. The van der Waals surface area contributed by atoms with Crippen molar-refractivity contribution in [3.05, 3.63) is 53.0 Å².